The van der Waals surface area contributed by atoms with E-state index in [-0.39, 0.29) is 11.2 Å². The number of pyridine rings is 1. The van der Waals surface area contributed by atoms with Crippen LogP contribution in [0.1, 0.15) is 84.5 Å². The third-order valence-corrected chi connectivity index (χ3v) is 7.16. The van der Waals surface area contributed by atoms with Crippen molar-refractivity contribution in [1.82, 2.24) is 4.98 Å². The Hall–Kier alpha value is -1.95. The number of thioether (sulfide) groups is 1. The van der Waals surface area contributed by atoms with Crippen molar-refractivity contribution >= 4 is 39.9 Å². The van der Waals surface area contributed by atoms with Crippen LogP contribution in [0.25, 0.3) is 10.9 Å². The van der Waals surface area contributed by atoms with Gasteiger partial charge >= 0.3 is 0 Å². The predicted molar refractivity (Wildman–Crippen MR) is 140 cm³/mol. The molecular weight excluding hydrogens is 418 g/mol. The molecule has 178 valence electrons. The summed E-state index contributed by atoms with van der Waals surface area (Å²) in [5.41, 5.74) is 8.04. The second-order valence-electron chi connectivity index (χ2n) is 8.41. The number of hydrogen-bond donors (Lipinski definition) is 2. The standard InChI is InChI=1S/C26H41N3O2S/c1-4-6-8-10-11-12-16-23(32-18-13-9-7-5-2)26(30)29-25-20-15-14-17-28-24(20)21(27)19-22(25)31-3/h14-15,17,19,23H,4-13,16,18,27H2,1-3H3,(H,29,30). The summed E-state index contributed by atoms with van der Waals surface area (Å²) < 4.78 is 5.55. The molecule has 1 unspecified atom stereocenters. The lowest BCUT2D eigenvalue weighted by molar-refractivity contribution is -0.115. The van der Waals surface area contributed by atoms with Crippen LogP contribution in [0.2, 0.25) is 0 Å². The van der Waals surface area contributed by atoms with Gasteiger partial charge < -0.3 is 15.8 Å². The third-order valence-electron chi connectivity index (χ3n) is 5.78. The minimum atomic E-state index is -0.0585. The number of anilines is 2. The number of fused-ring (bicyclic) bond motifs is 1. The molecule has 5 nitrogen and oxygen atoms in total. The van der Waals surface area contributed by atoms with Crippen molar-refractivity contribution in [3.05, 3.63) is 24.4 Å². The van der Waals surface area contributed by atoms with Crippen LogP contribution in [0, 0.1) is 0 Å². The minimum Gasteiger partial charge on any atom is -0.494 e. The molecule has 1 aromatic heterocycles. The molecule has 0 fully saturated rings. The quantitative estimate of drug-likeness (QED) is 0.205. The first-order chi connectivity index (χ1) is 15.6. The number of nitrogens with two attached hydrogens (primary N) is 1. The second-order valence-corrected chi connectivity index (χ2v) is 9.72. The van der Waals surface area contributed by atoms with Crippen LogP contribution in [0.5, 0.6) is 5.75 Å². The topological polar surface area (TPSA) is 77.2 Å². The lowest BCUT2D eigenvalue weighted by Gasteiger charge is -2.19. The molecule has 0 spiro atoms. The van der Waals surface area contributed by atoms with Gasteiger partial charge in [0.05, 0.1) is 29.3 Å². The molecule has 32 heavy (non-hydrogen) atoms. The van der Waals surface area contributed by atoms with Gasteiger partial charge in [0.25, 0.3) is 0 Å². The number of nitrogen functional groups attached to an aromatic ring is 1. The highest BCUT2D eigenvalue weighted by Crippen LogP contribution is 2.37. The zero-order valence-corrected chi connectivity index (χ0v) is 20.9. The van der Waals surface area contributed by atoms with Gasteiger partial charge in [-0.25, -0.2) is 0 Å². The van der Waals surface area contributed by atoms with Crippen molar-refractivity contribution in [2.45, 2.75) is 89.7 Å². The second kappa shape index (κ2) is 15.0. The molecule has 2 aromatic rings. The first-order valence-corrected chi connectivity index (χ1v) is 13.3. The Labute approximate surface area is 198 Å². The van der Waals surface area contributed by atoms with Crippen LogP contribution in [0.15, 0.2) is 24.4 Å². The first kappa shape index (κ1) is 26.3. The van der Waals surface area contributed by atoms with Gasteiger partial charge in [0, 0.05) is 17.6 Å². The molecule has 6 heteroatoms. The number of hydrogen-bond acceptors (Lipinski definition) is 5. The van der Waals surface area contributed by atoms with Gasteiger partial charge in [-0.2, -0.15) is 0 Å². The minimum absolute atomic E-state index is 0.0484. The zero-order valence-electron chi connectivity index (χ0n) is 20.1. The van der Waals surface area contributed by atoms with Crippen molar-refractivity contribution in [3.63, 3.8) is 0 Å². The van der Waals surface area contributed by atoms with E-state index in [1.165, 1.54) is 51.4 Å². The molecule has 1 heterocycles. The fourth-order valence-corrected chi connectivity index (χ4v) is 5.10. The number of unbranched alkanes of at least 4 members (excludes halogenated alkanes) is 8. The average molecular weight is 460 g/mol. The van der Waals surface area contributed by atoms with Crippen LogP contribution in [-0.2, 0) is 4.79 Å². The maximum absolute atomic E-state index is 13.4. The van der Waals surface area contributed by atoms with Crippen molar-refractivity contribution in [1.29, 1.82) is 0 Å². The van der Waals surface area contributed by atoms with Crippen molar-refractivity contribution in [3.8, 4) is 5.75 Å². The summed E-state index contributed by atoms with van der Waals surface area (Å²) in [5.74, 6) is 1.64. The van der Waals surface area contributed by atoms with E-state index in [0.29, 0.717) is 22.6 Å². The number of carbonyl (C=O) groups is 1. The summed E-state index contributed by atoms with van der Waals surface area (Å²) in [6, 6.07) is 5.52. The Bertz CT molecular complexity index is 828. The highest BCUT2D eigenvalue weighted by Gasteiger charge is 2.22. The third kappa shape index (κ3) is 8.19. The van der Waals surface area contributed by atoms with Crippen LogP contribution in [0.4, 0.5) is 11.4 Å². The smallest absolute Gasteiger partial charge is 0.237 e. The lowest BCUT2D eigenvalue weighted by Crippen LogP contribution is -2.26. The Kier molecular flexibility index (Phi) is 12.3. The number of benzene rings is 1. The SMILES string of the molecule is CCCCCCCCC(SCCCCCC)C(=O)Nc1c(OC)cc(N)c2ncccc12. The normalized spacial score (nSPS) is 12.1. The molecule has 3 N–H and O–H groups in total. The maximum Gasteiger partial charge on any atom is 0.237 e. The molecule has 0 radical (unpaired) electrons. The number of aromatic nitrogens is 1. The van der Waals surface area contributed by atoms with Gasteiger partial charge in [0.2, 0.25) is 5.91 Å². The summed E-state index contributed by atoms with van der Waals surface area (Å²) in [4.78, 5) is 17.8. The van der Waals surface area contributed by atoms with E-state index in [0.717, 1.165) is 30.4 Å². The fourth-order valence-electron chi connectivity index (χ4n) is 3.90. The summed E-state index contributed by atoms with van der Waals surface area (Å²) in [6.07, 6.45) is 14.9. The molecule has 0 saturated heterocycles. The van der Waals surface area contributed by atoms with Gasteiger partial charge in [-0.3, -0.25) is 9.78 Å². The van der Waals surface area contributed by atoms with Gasteiger partial charge in [-0.15, -0.1) is 11.8 Å². The summed E-state index contributed by atoms with van der Waals surface area (Å²) in [7, 11) is 1.60. The largest absolute Gasteiger partial charge is 0.494 e. The molecule has 1 aromatic carbocycles. The molecule has 0 aliphatic heterocycles. The monoisotopic (exact) mass is 459 g/mol. The van der Waals surface area contributed by atoms with E-state index in [2.05, 4.69) is 24.1 Å². The molecule has 0 aliphatic rings. The van der Waals surface area contributed by atoms with Crippen molar-refractivity contribution < 1.29 is 9.53 Å². The number of carbonyl (C=O) groups excluding carboxylic acids is 1. The van der Waals surface area contributed by atoms with Crippen LogP contribution < -0.4 is 15.8 Å². The number of rotatable bonds is 16. The number of nitrogens with zero attached hydrogens (tertiary/aromatic N) is 1. The summed E-state index contributed by atoms with van der Waals surface area (Å²) in [5, 5.41) is 3.92. The van der Waals surface area contributed by atoms with Gasteiger partial charge in [0.1, 0.15) is 5.75 Å². The zero-order chi connectivity index (χ0) is 23.2. The summed E-state index contributed by atoms with van der Waals surface area (Å²) in [6.45, 7) is 4.46. The number of amides is 1. The van der Waals surface area contributed by atoms with E-state index in [9.17, 15) is 4.79 Å². The van der Waals surface area contributed by atoms with Crippen LogP contribution in [-0.4, -0.2) is 29.0 Å². The molecule has 0 saturated carbocycles. The molecule has 1 amide bonds. The summed E-state index contributed by atoms with van der Waals surface area (Å²) >= 11 is 1.80. The fraction of sp³-hybridized carbons (Fsp3) is 0.615. The van der Waals surface area contributed by atoms with E-state index in [1.807, 2.05) is 12.1 Å². The van der Waals surface area contributed by atoms with E-state index >= 15 is 0 Å². The average Bonchev–Trinajstić information content (AvgIpc) is 2.81. The molecule has 0 aliphatic carbocycles. The predicted octanol–water partition coefficient (Wildman–Crippen LogP) is 7.20. The first-order valence-electron chi connectivity index (χ1n) is 12.3. The van der Waals surface area contributed by atoms with Crippen molar-refractivity contribution in [2.75, 3.05) is 23.9 Å². The van der Waals surface area contributed by atoms with E-state index in [1.54, 1.807) is 31.1 Å². The highest BCUT2D eigenvalue weighted by molar-refractivity contribution is 8.00. The Morgan fingerprint density at radius 3 is 2.50 bits per heavy atom. The van der Waals surface area contributed by atoms with Crippen molar-refractivity contribution in [2.24, 2.45) is 0 Å². The number of methoxy groups -OCH3 is 1. The number of nitrogens with one attached hydrogen (secondary N) is 1. The van der Waals surface area contributed by atoms with Gasteiger partial charge in [0.15, 0.2) is 0 Å². The highest BCUT2D eigenvalue weighted by atomic mass is 32.2. The molecule has 0 bridgehead atoms. The van der Waals surface area contributed by atoms with Crippen LogP contribution >= 0.6 is 11.8 Å². The Morgan fingerprint density at radius 1 is 1.09 bits per heavy atom. The molecule has 2 rings (SSSR count). The van der Waals surface area contributed by atoms with Crippen LogP contribution in [0.3, 0.4) is 0 Å². The number of ether oxygens (including phenoxy) is 1. The maximum atomic E-state index is 13.4. The molecular formula is C26H41N3O2S. The Balaban J connectivity index is 2.09. The lowest BCUT2D eigenvalue weighted by atomic mass is 10.1. The van der Waals surface area contributed by atoms with Gasteiger partial charge in [-0.1, -0.05) is 71.6 Å². The van der Waals surface area contributed by atoms with E-state index < -0.39 is 0 Å². The Morgan fingerprint density at radius 2 is 1.78 bits per heavy atom. The van der Waals surface area contributed by atoms with Gasteiger partial charge in [-0.05, 0) is 30.7 Å². The molecule has 1 atom stereocenters. The van der Waals surface area contributed by atoms with E-state index in [4.69, 9.17) is 10.5 Å².